The molecule has 0 aromatic heterocycles. The highest BCUT2D eigenvalue weighted by atomic mass is 35.5. The van der Waals surface area contributed by atoms with Gasteiger partial charge in [-0.15, -0.1) is 0 Å². The maximum Gasteiger partial charge on any atom is 0.0406 e. The number of benzene rings is 2. The molecule has 0 N–H and O–H groups in total. The summed E-state index contributed by atoms with van der Waals surface area (Å²) in [4.78, 5) is 0. The Hall–Kier alpha value is -1.27. The summed E-state index contributed by atoms with van der Waals surface area (Å²) in [5, 5.41) is 0.799. The average molecular weight is 245 g/mol. The zero-order valence-corrected chi connectivity index (χ0v) is 11.0. The van der Waals surface area contributed by atoms with Crippen molar-refractivity contribution in [3.63, 3.8) is 0 Å². The molecule has 0 fully saturated rings. The van der Waals surface area contributed by atoms with Gasteiger partial charge in [-0.1, -0.05) is 60.5 Å². The van der Waals surface area contributed by atoms with Gasteiger partial charge in [-0.25, -0.2) is 0 Å². The summed E-state index contributed by atoms with van der Waals surface area (Å²) >= 11 is 5.93. The van der Waals surface area contributed by atoms with Crippen LogP contribution in [0.5, 0.6) is 0 Å². The molecule has 1 heteroatoms. The standard InChI is InChI=1S/C16H17Cl/c1-3-16(13-6-4-12(2)5-7-13)14-8-10-15(17)11-9-14/h4-11,16H,3H2,1-2H3/t16-/m0/s1. The summed E-state index contributed by atoms with van der Waals surface area (Å²) in [5.74, 6) is 0.466. The Morgan fingerprint density at radius 3 is 1.82 bits per heavy atom. The lowest BCUT2D eigenvalue weighted by Crippen LogP contribution is -1.99. The fraction of sp³-hybridized carbons (Fsp3) is 0.250. The van der Waals surface area contributed by atoms with E-state index >= 15 is 0 Å². The highest BCUT2D eigenvalue weighted by Crippen LogP contribution is 2.28. The van der Waals surface area contributed by atoms with Gasteiger partial charge >= 0.3 is 0 Å². The first-order chi connectivity index (χ1) is 8.20. The van der Waals surface area contributed by atoms with E-state index in [-0.39, 0.29) is 0 Å². The second-order valence-electron chi connectivity index (χ2n) is 4.42. The smallest absolute Gasteiger partial charge is 0.0406 e. The fourth-order valence-electron chi connectivity index (χ4n) is 2.16. The van der Waals surface area contributed by atoms with Crippen LogP contribution in [0.1, 0.15) is 36.0 Å². The van der Waals surface area contributed by atoms with E-state index in [1.807, 2.05) is 12.1 Å². The molecule has 0 aliphatic rings. The molecule has 0 heterocycles. The van der Waals surface area contributed by atoms with Crippen molar-refractivity contribution in [3.8, 4) is 0 Å². The lowest BCUT2D eigenvalue weighted by molar-refractivity contribution is 0.777. The molecule has 17 heavy (non-hydrogen) atoms. The van der Waals surface area contributed by atoms with Gasteiger partial charge in [0.1, 0.15) is 0 Å². The monoisotopic (exact) mass is 244 g/mol. The lowest BCUT2D eigenvalue weighted by Gasteiger charge is -2.16. The molecule has 0 unspecified atom stereocenters. The molecule has 0 aliphatic heterocycles. The molecule has 0 aliphatic carbocycles. The van der Waals surface area contributed by atoms with Crippen LogP contribution in [0, 0.1) is 6.92 Å². The van der Waals surface area contributed by atoms with E-state index < -0.39 is 0 Å². The van der Waals surface area contributed by atoms with Gasteiger partial charge in [0.15, 0.2) is 0 Å². The first-order valence-electron chi connectivity index (χ1n) is 6.02. The molecule has 2 aromatic carbocycles. The second-order valence-corrected chi connectivity index (χ2v) is 4.86. The maximum atomic E-state index is 5.93. The minimum absolute atomic E-state index is 0.466. The van der Waals surface area contributed by atoms with Gasteiger partial charge in [-0.2, -0.15) is 0 Å². The van der Waals surface area contributed by atoms with Crippen LogP contribution in [0.2, 0.25) is 5.02 Å². The van der Waals surface area contributed by atoms with E-state index in [1.165, 1.54) is 16.7 Å². The van der Waals surface area contributed by atoms with Crippen LogP contribution in [0.25, 0.3) is 0 Å². The molecule has 88 valence electrons. The molecule has 1 atom stereocenters. The highest BCUT2D eigenvalue weighted by Gasteiger charge is 2.11. The van der Waals surface area contributed by atoms with Crippen molar-refractivity contribution in [2.75, 3.05) is 0 Å². The Labute approximate surface area is 108 Å². The summed E-state index contributed by atoms with van der Waals surface area (Å²) in [7, 11) is 0. The third-order valence-corrected chi connectivity index (χ3v) is 3.41. The molecule has 2 aromatic rings. The Kier molecular flexibility index (Phi) is 3.86. The topological polar surface area (TPSA) is 0 Å². The van der Waals surface area contributed by atoms with Crippen LogP contribution >= 0.6 is 11.6 Å². The third-order valence-electron chi connectivity index (χ3n) is 3.16. The molecule has 0 saturated heterocycles. The SMILES string of the molecule is CC[C@@H](c1ccc(C)cc1)c1ccc(Cl)cc1. The van der Waals surface area contributed by atoms with Gasteiger partial charge in [0.25, 0.3) is 0 Å². The molecule has 0 nitrogen and oxygen atoms in total. The van der Waals surface area contributed by atoms with Crippen molar-refractivity contribution >= 4 is 11.6 Å². The van der Waals surface area contributed by atoms with Crippen molar-refractivity contribution < 1.29 is 0 Å². The zero-order valence-electron chi connectivity index (χ0n) is 10.3. The summed E-state index contributed by atoms with van der Waals surface area (Å²) in [5.41, 5.74) is 4.01. The number of rotatable bonds is 3. The van der Waals surface area contributed by atoms with Crippen molar-refractivity contribution in [1.82, 2.24) is 0 Å². The first-order valence-corrected chi connectivity index (χ1v) is 6.40. The quantitative estimate of drug-likeness (QED) is 0.697. The van der Waals surface area contributed by atoms with Crippen LogP contribution in [0.3, 0.4) is 0 Å². The van der Waals surface area contributed by atoms with Crippen LogP contribution in [0.15, 0.2) is 48.5 Å². The van der Waals surface area contributed by atoms with E-state index in [0.29, 0.717) is 5.92 Å². The number of halogens is 1. The zero-order chi connectivity index (χ0) is 12.3. The fourth-order valence-corrected chi connectivity index (χ4v) is 2.28. The largest absolute Gasteiger partial charge is 0.0843 e. The van der Waals surface area contributed by atoms with Gasteiger partial charge in [-0.05, 0) is 36.6 Å². The van der Waals surface area contributed by atoms with E-state index in [4.69, 9.17) is 11.6 Å². The van der Waals surface area contributed by atoms with E-state index in [9.17, 15) is 0 Å². The van der Waals surface area contributed by atoms with Gasteiger partial charge in [0.05, 0.1) is 0 Å². The van der Waals surface area contributed by atoms with Crippen molar-refractivity contribution in [3.05, 3.63) is 70.2 Å². The highest BCUT2D eigenvalue weighted by molar-refractivity contribution is 6.30. The van der Waals surface area contributed by atoms with Gasteiger partial charge in [-0.3, -0.25) is 0 Å². The van der Waals surface area contributed by atoms with Gasteiger partial charge < -0.3 is 0 Å². The van der Waals surface area contributed by atoms with Crippen LogP contribution in [0.4, 0.5) is 0 Å². The van der Waals surface area contributed by atoms with E-state index in [2.05, 4.69) is 50.2 Å². The van der Waals surface area contributed by atoms with Gasteiger partial charge in [0.2, 0.25) is 0 Å². The van der Waals surface area contributed by atoms with Crippen LogP contribution in [-0.4, -0.2) is 0 Å². The molecule has 0 saturated carbocycles. The maximum absolute atomic E-state index is 5.93. The predicted octanol–water partition coefficient (Wildman–Crippen LogP) is 5.19. The molecule has 0 radical (unpaired) electrons. The Morgan fingerprint density at radius 2 is 1.35 bits per heavy atom. The predicted molar refractivity (Wildman–Crippen MR) is 74.8 cm³/mol. The summed E-state index contributed by atoms with van der Waals surface area (Å²) in [6, 6.07) is 17.0. The minimum atomic E-state index is 0.466. The van der Waals surface area contributed by atoms with Crippen molar-refractivity contribution in [2.45, 2.75) is 26.2 Å². The minimum Gasteiger partial charge on any atom is -0.0843 e. The van der Waals surface area contributed by atoms with Gasteiger partial charge in [0, 0.05) is 10.9 Å². The number of hydrogen-bond acceptors (Lipinski definition) is 0. The number of hydrogen-bond donors (Lipinski definition) is 0. The lowest BCUT2D eigenvalue weighted by atomic mass is 9.89. The Morgan fingerprint density at radius 1 is 0.882 bits per heavy atom. The van der Waals surface area contributed by atoms with E-state index in [0.717, 1.165) is 11.4 Å². The summed E-state index contributed by atoms with van der Waals surface area (Å²) in [6.45, 7) is 4.34. The average Bonchev–Trinajstić information content (AvgIpc) is 2.35. The molecular weight excluding hydrogens is 228 g/mol. The molecule has 2 rings (SSSR count). The molecule has 0 spiro atoms. The Balaban J connectivity index is 2.33. The number of aryl methyl sites for hydroxylation is 1. The van der Waals surface area contributed by atoms with Crippen molar-refractivity contribution in [1.29, 1.82) is 0 Å². The van der Waals surface area contributed by atoms with Crippen LogP contribution in [-0.2, 0) is 0 Å². The summed E-state index contributed by atoms with van der Waals surface area (Å²) < 4.78 is 0. The van der Waals surface area contributed by atoms with Crippen molar-refractivity contribution in [2.24, 2.45) is 0 Å². The normalized spacial score (nSPS) is 12.4. The molecule has 0 bridgehead atoms. The first kappa shape index (κ1) is 12.2. The third kappa shape index (κ3) is 2.89. The summed E-state index contributed by atoms with van der Waals surface area (Å²) in [6.07, 6.45) is 1.10. The van der Waals surface area contributed by atoms with E-state index in [1.54, 1.807) is 0 Å². The van der Waals surface area contributed by atoms with Crippen LogP contribution < -0.4 is 0 Å². The Bertz CT molecular complexity index is 422. The second kappa shape index (κ2) is 5.37. The molecular formula is C16H17Cl. The molecule has 0 amide bonds.